The van der Waals surface area contributed by atoms with E-state index in [9.17, 15) is 14.9 Å². The number of carbonyl (C=O) groups excluding carboxylic acids is 2. The van der Waals surface area contributed by atoms with Gasteiger partial charge in [0.05, 0.1) is 36.5 Å². The van der Waals surface area contributed by atoms with Crippen LogP contribution in [-0.4, -0.2) is 46.3 Å². The van der Waals surface area contributed by atoms with Crippen molar-refractivity contribution in [1.82, 2.24) is 20.1 Å². The lowest BCUT2D eigenvalue weighted by atomic mass is 9.74. The number of hydrogen-bond acceptors (Lipinski definition) is 6. The summed E-state index contributed by atoms with van der Waals surface area (Å²) in [5.41, 5.74) is 3.83. The third-order valence-electron chi connectivity index (χ3n) is 8.44. The number of nitrogens with zero attached hydrogens (tertiary/aromatic N) is 5. The molecule has 3 heterocycles. The van der Waals surface area contributed by atoms with Crippen LogP contribution < -0.4 is 15.0 Å². The molecular weight excluding hydrogens is 516 g/mol. The Hall–Kier alpha value is -3.90. The van der Waals surface area contributed by atoms with Crippen LogP contribution >= 0.6 is 11.6 Å². The molecule has 3 aliphatic rings. The van der Waals surface area contributed by atoms with E-state index in [4.69, 9.17) is 16.3 Å². The van der Waals surface area contributed by atoms with Crippen LogP contribution in [0.5, 0.6) is 5.75 Å². The number of anilines is 1. The molecule has 39 heavy (non-hydrogen) atoms. The van der Waals surface area contributed by atoms with E-state index in [2.05, 4.69) is 21.5 Å². The minimum Gasteiger partial charge on any atom is -0.493 e. The average Bonchev–Trinajstić information content (AvgIpc) is 3.36. The number of nitrogens with one attached hydrogen (secondary N) is 1. The molecule has 3 aromatic rings. The Morgan fingerprint density at radius 1 is 1.28 bits per heavy atom. The van der Waals surface area contributed by atoms with Crippen molar-refractivity contribution in [1.29, 1.82) is 5.26 Å². The van der Waals surface area contributed by atoms with Crippen molar-refractivity contribution in [3.63, 3.8) is 0 Å². The van der Waals surface area contributed by atoms with Crippen LogP contribution in [-0.2, 0) is 4.79 Å². The van der Waals surface area contributed by atoms with Gasteiger partial charge >= 0.3 is 0 Å². The van der Waals surface area contributed by atoms with Crippen LogP contribution in [0.4, 0.5) is 5.82 Å². The van der Waals surface area contributed by atoms with Crippen LogP contribution in [0.2, 0.25) is 5.02 Å². The molecule has 1 aromatic carbocycles. The molecule has 9 nitrogen and oxygen atoms in total. The van der Waals surface area contributed by atoms with Gasteiger partial charge in [0.25, 0.3) is 5.91 Å². The normalized spacial score (nSPS) is 24.0. The second-order valence-corrected chi connectivity index (χ2v) is 11.3. The van der Waals surface area contributed by atoms with Gasteiger partial charge in [0.1, 0.15) is 0 Å². The summed E-state index contributed by atoms with van der Waals surface area (Å²) >= 11 is 6.13. The number of aromatic nitrogens is 3. The molecule has 0 radical (unpaired) electrons. The maximum atomic E-state index is 13.0. The Balaban J connectivity index is 1.12. The molecular formula is C29H29ClN6O3. The van der Waals surface area contributed by atoms with E-state index in [1.165, 1.54) is 0 Å². The predicted molar refractivity (Wildman–Crippen MR) is 145 cm³/mol. The summed E-state index contributed by atoms with van der Waals surface area (Å²) in [7, 11) is 1.60. The molecule has 3 fully saturated rings. The number of halogens is 1. The number of piperidine rings is 1. The molecule has 1 saturated heterocycles. The van der Waals surface area contributed by atoms with Crippen LogP contribution in [0.3, 0.4) is 0 Å². The van der Waals surface area contributed by atoms with E-state index in [-0.39, 0.29) is 35.7 Å². The van der Waals surface area contributed by atoms with Gasteiger partial charge in [0.15, 0.2) is 11.6 Å². The fraction of sp³-hybridized carbons (Fsp3) is 0.414. The van der Waals surface area contributed by atoms with Gasteiger partial charge in [-0.15, -0.1) is 0 Å². The van der Waals surface area contributed by atoms with Gasteiger partial charge < -0.3 is 10.1 Å². The van der Waals surface area contributed by atoms with E-state index in [1.807, 2.05) is 19.9 Å². The zero-order valence-electron chi connectivity index (χ0n) is 22.0. The summed E-state index contributed by atoms with van der Waals surface area (Å²) in [5.74, 6) is 1.89. The summed E-state index contributed by atoms with van der Waals surface area (Å²) in [6.45, 7) is 4.64. The number of nitriles is 1. The van der Waals surface area contributed by atoms with Crippen molar-refractivity contribution in [2.75, 3.05) is 18.6 Å². The number of benzene rings is 1. The summed E-state index contributed by atoms with van der Waals surface area (Å²) in [6.07, 6.45) is 7.56. The summed E-state index contributed by atoms with van der Waals surface area (Å²) in [5, 5.41) is 17.5. The molecule has 0 unspecified atom stereocenters. The second kappa shape index (κ2) is 9.69. The lowest BCUT2D eigenvalue weighted by Crippen LogP contribution is -2.43. The van der Waals surface area contributed by atoms with Gasteiger partial charge in [-0.05, 0) is 68.7 Å². The van der Waals surface area contributed by atoms with Gasteiger partial charge in [0.2, 0.25) is 5.91 Å². The number of ether oxygens (including phenoxy) is 1. The maximum Gasteiger partial charge on any atom is 0.254 e. The van der Waals surface area contributed by atoms with Gasteiger partial charge in [-0.3, -0.25) is 19.2 Å². The Bertz CT molecular complexity index is 1520. The number of amides is 2. The molecule has 2 aromatic heterocycles. The minimum absolute atomic E-state index is 0.0244. The molecule has 3 atom stereocenters. The zero-order valence-corrected chi connectivity index (χ0v) is 22.8. The quantitative estimate of drug-likeness (QED) is 0.472. The Morgan fingerprint density at radius 2 is 2.08 bits per heavy atom. The lowest BCUT2D eigenvalue weighted by molar-refractivity contribution is -0.118. The smallest absolute Gasteiger partial charge is 0.254 e. The fourth-order valence-corrected chi connectivity index (χ4v) is 6.13. The van der Waals surface area contributed by atoms with Gasteiger partial charge in [-0.2, -0.15) is 10.4 Å². The molecule has 0 spiro atoms. The van der Waals surface area contributed by atoms with Gasteiger partial charge in [0, 0.05) is 47.0 Å². The monoisotopic (exact) mass is 544 g/mol. The number of rotatable bonds is 7. The van der Waals surface area contributed by atoms with Crippen LogP contribution in [0, 0.1) is 30.1 Å². The SMILES string of the molecule is COc1c(N2C[C@H]3C[C@H]3C2=O)ncc([C@@H](C)n2cc(C(=O)N[C@H]3C[C@@H](c4cc(Cl)ccc4C#N)C3)cn2)c1C. The molecule has 0 bridgehead atoms. The van der Waals surface area contributed by atoms with Crippen LogP contribution in [0.25, 0.3) is 0 Å². The summed E-state index contributed by atoms with van der Waals surface area (Å²) in [6, 6.07) is 7.36. The van der Waals surface area contributed by atoms with Crippen molar-refractivity contribution >= 4 is 29.2 Å². The molecule has 6 rings (SSSR count). The highest BCUT2D eigenvalue weighted by atomic mass is 35.5. The first-order valence-corrected chi connectivity index (χ1v) is 13.6. The zero-order chi connectivity index (χ0) is 27.4. The predicted octanol–water partition coefficient (Wildman–Crippen LogP) is 4.39. The summed E-state index contributed by atoms with van der Waals surface area (Å²) in [4.78, 5) is 32.0. The van der Waals surface area contributed by atoms with Crippen molar-refractivity contribution in [2.45, 2.75) is 51.1 Å². The molecule has 1 aliphatic heterocycles. The number of pyridine rings is 1. The fourth-order valence-electron chi connectivity index (χ4n) is 5.95. The highest BCUT2D eigenvalue weighted by Crippen LogP contribution is 2.49. The Labute approximate surface area is 231 Å². The van der Waals surface area contributed by atoms with Crippen molar-refractivity contribution < 1.29 is 14.3 Å². The highest BCUT2D eigenvalue weighted by Gasteiger charge is 2.53. The topological polar surface area (TPSA) is 113 Å². The largest absolute Gasteiger partial charge is 0.493 e. The molecule has 2 saturated carbocycles. The average molecular weight is 545 g/mol. The summed E-state index contributed by atoms with van der Waals surface area (Å²) < 4.78 is 7.44. The molecule has 2 amide bonds. The van der Waals surface area contributed by atoms with Crippen molar-refractivity contribution in [2.24, 2.45) is 11.8 Å². The third kappa shape index (κ3) is 4.43. The Kier molecular flexibility index (Phi) is 6.31. The number of fused-ring (bicyclic) bond motifs is 1. The highest BCUT2D eigenvalue weighted by molar-refractivity contribution is 6.30. The van der Waals surface area contributed by atoms with Crippen LogP contribution in [0.15, 0.2) is 36.8 Å². The number of methoxy groups -OCH3 is 1. The number of carbonyl (C=O) groups is 2. The molecule has 1 N–H and O–H groups in total. The van der Waals surface area contributed by atoms with E-state index in [1.54, 1.807) is 47.4 Å². The van der Waals surface area contributed by atoms with E-state index < -0.39 is 0 Å². The third-order valence-corrected chi connectivity index (χ3v) is 8.68. The first-order valence-electron chi connectivity index (χ1n) is 13.2. The van der Waals surface area contributed by atoms with Crippen molar-refractivity contribution in [3.8, 4) is 11.8 Å². The Morgan fingerprint density at radius 3 is 2.77 bits per heavy atom. The van der Waals surface area contributed by atoms with E-state index in [0.29, 0.717) is 40.2 Å². The molecule has 2 aliphatic carbocycles. The van der Waals surface area contributed by atoms with Crippen LogP contribution in [0.1, 0.15) is 70.8 Å². The first kappa shape index (κ1) is 25.4. The van der Waals surface area contributed by atoms with Gasteiger partial charge in [-0.25, -0.2) is 4.98 Å². The van der Waals surface area contributed by atoms with E-state index >= 15 is 0 Å². The second-order valence-electron chi connectivity index (χ2n) is 10.8. The van der Waals surface area contributed by atoms with Gasteiger partial charge in [-0.1, -0.05) is 11.6 Å². The molecule has 200 valence electrons. The maximum absolute atomic E-state index is 13.0. The number of hydrogen-bond donors (Lipinski definition) is 1. The lowest BCUT2D eigenvalue weighted by Gasteiger charge is -2.36. The molecule has 10 heteroatoms. The first-order chi connectivity index (χ1) is 18.8. The van der Waals surface area contributed by atoms with E-state index in [0.717, 1.165) is 36.0 Å². The standard InChI is InChI=1S/C29H29ClN6O3/c1-15-25(12-32-27(26(15)39-3)35-13-19-8-24(19)29(35)38)16(2)36-14-20(11-33-36)28(37)34-22-6-18(7-22)23-9-21(30)5-4-17(23)10-31/h4-5,9,11-12,14,16,18-19,22,24H,6-8,13H2,1-3H3,(H,34,37)/t16-,18-,19-,22+,24-/m1/s1. The minimum atomic E-state index is -0.204. The van der Waals surface area contributed by atoms with Crippen molar-refractivity contribution in [3.05, 3.63) is 69.6 Å².